The van der Waals surface area contributed by atoms with Crippen LogP contribution in [0.15, 0.2) is 36.4 Å². The number of hydrogen-bond acceptors (Lipinski definition) is 2. The fraction of sp³-hybridized carbons (Fsp3) is 0.333. The summed E-state index contributed by atoms with van der Waals surface area (Å²) in [6, 6.07) is 11.9. The summed E-state index contributed by atoms with van der Waals surface area (Å²) in [6.45, 7) is 6.34. The van der Waals surface area contributed by atoms with Crippen molar-refractivity contribution in [2.75, 3.05) is 5.43 Å². The average Bonchev–Trinajstić information content (AvgIpc) is 2.64. The monoisotopic (exact) mass is 244 g/mol. The van der Waals surface area contributed by atoms with E-state index in [1.165, 1.54) is 17.0 Å². The zero-order valence-electron chi connectivity index (χ0n) is 11.1. The number of rotatable bonds is 4. The van der Waals surface area contributed by atoms with Crippen LogP contribution in [0.4, 0.5) is 0 Å². The van der Waals surface area contributed by atoms with E-state index in [4.69, 9.17) is 0 Å². The fourth-order valence-electron chi connectivity index (χ4n) is 2.12. The minimum atomic E-state index is 0.316. The lowest BCUT2D eigenvalue weighted by Crippen LogP contribution is -2.28. The van der Waals surface area contributed by atoms with Crippen LogP contribution in [0.5, 0.6) is 5.75 Å². The highest BCUT2D eigenvalue weighted by atomic mass is 16.3. The predicted octanol–water partition coefficient (Wildman–Crippen LogP) is 2.99. The number of benzene rings is 1. The molecular weight excluding hydrogens is 224 g/mol. The third-order valence-corrected chi connectivity index (χ3v) is 3.10. The smallest absolute Gasteiger partial charge is 0.115 e. The molecule has 1 atom stereocenters. The van der Waals surface area contributed by atoms with Gasteiger partial charge in [-0.2, -0.15) is 0 Å². The molecule has 3 heteroatoms. The Morgan fingerprint density at radius 2 is 1.61 bits per heavy atom. The number of phenols is 1. The minimum Gasteiger partial charge on any atom is -0.508 e. The molecule has 1 aromatic heterocycles. The molecule has 2 aromatic rings. The van der Waals surface area contributed by atoms with Crippen LogP contribution in [0.3, 0.4) is 0 Å². The molecule has 0 amide bonds. The Morgan fingerprint density at radius 3 is 2.17 bits per heavy atom. The first kappa shape index (κ1) is 12.6. The largest absolute Gasteiger partial charge is 0.508 e. The lowest BCUT2D eigenvalue weighted by molar-refractivity contribution is 0.475. The van der Waals surface area contributed by atoms with E-state index in [0.29, 0.717) is 11.8 Å². The average molecular weight is 244 g/mol. The first-order valence-corrected chi connectivity index (χ1v) is 6.25. The molecule has 96 valence electrons. The maximum absolute atomic E-state index is 9.25. The summed E-state index contributed by atoms with van der Waals surface area (Å²) in [5.74, 6) is 0.316. The number of nitrogens with one attached hydrogen (secondary N) is 1. The van der Waals surface area contributed by atoms with E-state index < -0.39 is 0 Å². The first-order chi connectivity index (χ1) is 8.56. The Labute approximate surface area is 108 Å². The lowest BCUT2D eigenvalue weighted by atomic mass is 10.1. The van der Waals surface area contributed by atoms with Crippen LogP contribution >= 0.6 is 0 Å². The second-order valence-corrected chi connectivity index (χ2v) is 4.85. The Balaban J connectivity index is 2.01. The van der Waals surface area contributed by atoms with Gasteiger partial charge in [0, 0.05) is 17.4 Å². The summed E-state index contributed by atoms with van der Waals surface area (Å²) in [6.07, 6.45) is 0.928. The van der Waals surface area contributed by atoms with E-state index in [9.17, 15) is 5.11 Å². The number of phenolic OH excluding ortho intramolecular Hbond substituents is 1. The minimum absolute atomic E-state index is 0.316. The van der Waals surface area contributed by atoms with Gasteiger partial charge >= 0.3 is 0 Å². The maximum Gasteiger partial charge on any atom is 0.115 e. The van der Waals surface area contributed by atoms with Gasteiger partial charge in [0.2, 0.25) is 0 Å². The second kappa shape index (κ2) is 5.17. The summed E-state index contributed by atoms with van der Waals surface area (Å²) in [5, 5.41) is 9.25. The number of aromatic nitrogens is 1. The first-order valence-electron chi connectivity index (χ1n) is 6.25. The molecular formula is C15H20N2O. The molecule has 0 bridgehead atoms. The van der Waals surface area contributed by atoms with E-state index >= 15 is 0 Å². The van der Waals surface area contributed by atoms with Crippen LogP contribution in [0.2, 0.25) is 0 Å². The second-order valence-electron chi connectivity index (χ2n) is 4.85. The van der Waals surface area contributed by atoms with E-state index in [1.807, 2.05) is 12.1 Å². The van der Waals surface area contributed by atoms with Crippen molar-refractivity contribution in [3.05, 3.63) is 53.3 Å². The zero-order valence-corrected chi connectivity index (χ0v) is 11.1. The van der Waals surface area contributed by atoms with E-state index in [2.05, 4.69) is 43.0 Å². The van der Waals surface area contributed by atoms with Crippen molar-refractivity contribution in [3.8, 4) is 5.75 Å². The van der Waals surface area contributed by atoms with Gasteiger partial charge in [-0.05, 0) is 57.0 Å². The number of hydrogen-bond donors (Lipinski definition) is 2. The van der Waals surface area contributed by atoms with Crippen LogP contribution in [0.1, 0.15) is 23.9 Å². The molecule has 0 saturated heterocycles. The zero-order chi connectivity index (χ0) is 13.1. The predicted molar refractivity (Wildman–Crippen MR) is 74.5 cm³/mol. The Morgan fingerprint density at radius 1 is 1.06 bits per heavy atom. The molecule has 3 nitrogen and oxygen atoms in total. The normalized spacial score (nSPS) is 12.4. The van der Waals surface area contributed by atoms with Crippen molar-refractivity contribution in [2.24, 2.45) is 0 Å². The molecule has 0 saturated carbocycles. The van der Waals surface area contributed by atoms with E-state index in [1.54, 1.807) is 12.1 Å². The molecule has 18 heavy (non-hydrogen) atoms. The summed E-state index contributed by atoms with van der Waals surface area (Å²) >= 11 is 0. The summed E-state index contributed by atoms with van der Waals surface area (Å²) in [4.78, 5) is 0. The Hall–Kier alpha value is -1.90. The van der Waals surface area contributed by atoms with Gasteiger partial charge in [0.15, 0.2) is 0 Å². The van der Waals surface area contributed by atoms with Crippen molar-refractivity contribution in [2.45, 2.75) is 33.2 Å². The van der Waals surface area contributed by atoms with Crippen molar-refractivity contribution >= 4 is 0 Å². The molecule has 0 radical (unpaired) electrons. The SMILES string of the molecule is Cc1ccc(C)n1NC(C)Cc1ccc(O)cc1. The number of nitrogens with zero attached hydrogens (tertiary/aromatic N) is 1. The molecule has 0 fully saturated rings. The van der Waals surface area contributed by atoms with Gasteiger partial charge in [-0.15, -0.1) is 0 Å². The van der Waals surface area contributed by atoms with E-state index in [0.717, 1.165) is 6.42 Å². The quantitative estimate of drug-likeness (QED) is 0.867. The van der Waals surface area contributed by atoms with Crippen LogP contribution < -0.4 is 5.43 Å². The molecule has 0 aliphatic carbocycles. The summed E-state index contributed by atoms with van der Waals surface area (Å²) in [7, 11) is 0. The Bertz CT molecular complexity index is 494. The van der Waals surface area contributed by atoms with Gasteiger partial charge in [-0.1, -0.05) is 12.1 Å². The van der Waals surface area contributed by atoms with Gasteiger partial charge in [0.1, 0.15) is 5.75 Å². The molecule has 2 rings (SSSR count). The van der Waals surface area contributed by atoms with Gasteiger partial charge in [0.05, 0.1) is 0 Å². The van der Waals surface area contributed by atoms with Crippen molar-refractivity contribution in [1.82, 2.24) is 4.68 Å². The van der Waals surface area contributed by atoms with Crippen LogP contribution in [0.25, 0.3) is 0 Å². The molecule has 0 spiro atoms. The van der Waals surface area contributed by atoms with Crippen LogP contribution in [-0.2, 0) is 6.42 Å². The summed E-state index contributed by atoms with van der Waals surface area (Å²) < 4.78 is 2.12. The standard InChI is InChI=1S/C15H20N2O/c1-11(10-14-6-8-15(18)9-7-14)16-17-12(2)4-5-13(17)3/h4-9,11,16,18H,10H2,1-3H3. The highest BCUT2D eigenvalue weighted by molar-refractivity contribution is 5.26. The Kier molecular flexibility index (Phi) is 3.60. The van der Waals surface area contributed by atoms with Gasteiger partial charge < -0.3 is 10.5 Å². The van der Waals surface area contributed by atoms with Crippen LogP contribution in [0, 0.1) is 13.8 Å². The van der Waals surface area contributed by atoms with Gasteiger partial charge in [-0.25, -0.2) is 0 Å². The van der Waals surface area contributed by atoms with Crippen molar-refractivity contribution in [3.63, 3.8) is 0 Å². The molecule has 0 aliphatic rings. The number of aryl methyl sites for hydroxylation is 2. The van der Waals surface area contributed by atoms with Crippen molar-refractivity contribution < 1.29 is 5.11 Å². The van der Waals surface area contributed by atoms with Crippen LogP contribution in [-0.4, -0.2) is 15.8 Å². The topological polar surface area (TPSA) is 37.2 Å². The molecule has 1 heterocycles. The highest BCUT2D eigenvalue weighted by Crippen LogP contribution is 2.12. The van der Waals surface area contributed by atoms with Crippen molar-refractivity contribution in [1.29, 1.82) is 0 Å². The molecule has 0 aliphatic heterocycles. The van der Waals surface area contributed by atoms with Gasteiger partial charge in [-0.3, -0.25) is 4.68 Å². The maximum atomic E-state index is 9.25. The third kappa shape index (κ3) is 2.86. The number of aromatic hydroxyl groups is 1. The third-order valence-electron chi connectivity index (χ3n) is 3.10. The fourth-order valence-corrected chi connectivity index (χ4v) is 2.12. The molecule has 1 unspecified atom stereocenters. The molecule has 2 N–H and O–H groups in total. The summed E-state index contributed by atoms with van der Waals surface area (Å²) in [5.41, 5.74) is 7.12. The van der Waals surface area contributed by atoms with E-state index in [-0.39, 0.29) is 0 Å². The molecule has 1 aromatic carbocycles. The highest BCUT2D eigenvalue weighted by Gasteiger charge is 2.06. The lowest BCUT2D eigenvalue weighted by Gasteiger charge is -2.19. The van der Waals surface area contributed by atoms with Gasteiger partial charge in [0.25, 0.3) is 0 Å².